The maximum Gasteiger partial charge on any atom is 0.323 e. The van der Waals surface area contributed by atoms with Crippen molar-refractivity contribution in [2.24, 2.45) is 5.41 Å². The molecule has 1 atom stereocenters. The summed E-state index contributed by atoms with van der Waals surface area (Å²) in [7, 11) is 1.17. The topological polar surface area (TPSA) is 80.9 Å². The second kappa shape index (κ2) is 4.72. The van der Waals surface area contributed by atoms with E-state index in [1.807, 2.05) is 18.3 Å². The van der Waals surface area contributed by atoms with E-state index in [0.717, 1.165) is 0 Å². The number of hydrogen-bond acceptors (Lipinski definition) is 4. The first-order valence-electron chi connectivity index (χ1n) is 5.72. The Morgan fingerprint density at radius 2 is 2.21 bits per heavy atom. The number of carbonyl (C=O) groups excluding carboxylic acids is 1. The average molecular weight is 262 g/mol. The zero-order valence-electron chi connectivity index (χ0n) is 10.7. The zero-order chi connectivity index (χ0) is 14.0. The number of aromatic nitrogens is 2. The van der Waals surface area contributed by atoms with Gasteiger partial charge in [-0.1, -0.05) is 6.07 Å². The average Bonchev–Trinajstić information content (AvgIpc) is 2.79. The summed E-state index contributed by atoms with van der Waals surface area (Å²) in [5.41, 5.74) is -0.399. The monoisotopic (exact) mass is 262 g/mol. The van der Waals surface area contributed by atoms with Crippen LogP contribution in [-0.4, -0.2) is 33.5 Å². The molecule has 0 saturated carbocycles. The Balaban J connectivity index is 2.36. The van der Waals surface area contributed by atoms with Crippen molar-refractivity contribution in [1.82, 2.24) is 9.38 Å². The van der Waals surface area contributed by atoms with Gasteiger partial charge < -0.3 is 14.2 Å². The van der Waals surface area contributed by atoms with E-state index in [0.29, 0.717) is 11.3 Å². The number of fused-ring (bicyclic) bond motifs is 1. The quantitative estimate of drug-likeness (QED) is 0.660. The number of imidazole rings is 1. The van der Waals surface area contributed by atoms with Crippen molar-refractivity contribution in [2.45, 2.75) is 13.3 Å². The van der Waals surface area contributed by atoms with E-state index in [4.69, 9.17) is 0 Å². The number of methoxy groups -OCH3 is 1. The van der Waals surface area contributed by atoms with Gasteiger partial charge in [0.05, 0.1) is 12.8 Å². The normalized spacial score (nSPS) is 14.0. The van der Waals surface area contributed by atoms with Gasteiger partial charge >= 0.3 is 11.9 Å². The van der Waals surface area contributed by atoms with Gasteiger partial charge in [0.2, 0.25) is 0 Å². The summed E-state index contributed by atoms with van der Waals surface area (Å²) >= 11 is 0. The van der Waals surface area contributed by atoms with E-state index in [-0.39, 0.29) is 6.42 Å². The Hall–Kier alpha value is -2.37. The highest BCUT2D eigenvalue weighted by Gasteiger charge is 2.43. The van der Waals surface area contributed by atoms with Crippen molar-refractivity contribution in [3.63, 3.8) is 0 Å². The molecule has 0 bridgehead atoms. The number of aliphatic carboxylic acids is 1. The van der Waals surface area contributed by atoms with Crippen LogP contribution in [0.1, 0.15) is 12.6 Å². The molecule has 0 radical (unpaired) electrons. The molecule has 1 N–H and O–H groups in total. The first-order valence-corrected chi connectivity index (χ1v) is 5.72. The van der Waals surface area contributed by atoms with Gasteiger partial charge in [-0.2, -0.15) is 0 Å². The summed E-state index contributed by atoms with van der Waals surface area (Å²) < 4.78 is 6.34. The number of nitrogens with zero attached hydrogens (tertiary/aromatic N) is 2. The number of pyridine rings is 1. The van der Waals surface area contributed by atoms with Crippen LogP contribution >= 0.6 is 0 Å². The molecule has 100 valence electrons. The lowest BCUT2D eigenvalue weighted by Gasteiger charge is -2.20. The van der Waals surface area contributed by atoms with Crippen molar-refractivity contribution in [3.8, 4) is 0 Å². The van der Waals surface area contributed by atoms with Crippen LogP contribution < -0.4 is 0 Å². The molecule has 6 nitrogen and oxygen atoms in total. The highest BCUT2D eigenvalue weighted by atomic mass is 16.5. The Morgan fingerprint density at radius 3 is 2.79 bits per heavy atom. The molecular weight excluding hydrogens is 248 g/mol. The van der Waals surface area contributed by atoms with Crippen molar-refractivity contribution in [3.05, 3.63) is 36.3 Å². The van der Waals surface area contributed by atoms with Crippen molar-refractivity contribution in [2.75, 3.05) is 7.11 Å². The first kappa shape index (κ1) is 13.1. The van der Waals surface area contributed by atoms with Gasteiger partial charge in [-0.15, -0.1) is 0 Å². The molecule has 1 unspecified atom stereocenters. The lowest BCUT2D eigenvalue weighted by Crippen LogP contribution is -2.39. The maximum absolute atomic E-state index is 11.7. The summed E-state index contributed by atoms with van der Waals surface area (Å²) in [6.45, 7) is 1.34. The number of carbonyl (C=O) groups is 2. The highest BCUT2D eigenvalue weighted by molar-refractivity contribution is 5.98. The predicted molar refractivity (Wildman–Crippen MR) is 66.7 cm³/mol. The number of esters is 1. The van der Waals surface area contributed by atoms with Crippen LogP contribution in [-0.2, 0) is 20.7 Å². The highest BCUT2D eigenvalue weighted by Crippen LogP contribution is 2.24. The third kappa shape index (κ3) is 2.29. The minimum absolute atomic E-state index is 0.0172. The number of carboxylic acids is 1. The van der Waals surface area contributed by atoms with Gasteiger partial charge in [0.15, 0.2) is 5.41 Å². The molecular formula is C13H14N2O4. The molecule has 0 spiro atoms. The van der Waals surface area contributed by atoms with Gasteiger partial charge in [0.25, 0.3) is 0 Å². The molecule has 0 aliphatic carbocycles. The minimum Gasteiger partial charge on any atom is -0.480 e. The molecule has 2 aromatic rings. The third-order valence-corrected chi connectivity index (χ3v) is 3.06. The van der Waals surface area contributed by atoms with E-state index in [2.05, 4.69) is 9.72 Å². The molecule has 0 aliphatic rings. The number of rotatable bonds is 4. The maximum atomic E-state index is 11.7. The smallest absolute Gasteiger partial charge is 0.323 e. The summed E-state index contributed by atoms with van der Waals surface area (Å²) in [6.07, 6.45) is 3.50. The summed E-state index contributed by atoms with van der Waals surface area (Å²) in [5.74, 6) is -2.01. The zero-order valence-corrected chi connectivity index (χ0v) is 10.7. The molecule has 0 saturated heterocycles. The van der Waals surface area contributed by atoms with Gasteiger partial charge in [-0.05, 0) is 19.1 Å². The molecule has 2 rings (SSSR count). The third-order valence-electron chi connectivity index (χ3n) is 3.06. The Bertz CT molecular complexity index is 601. The van der Waals surface area contributed by atoms with E-state index in [9.17, 15) is 14.7 Å². The minimum atomic E-state index is -1.63. The SMILES string of the molecule is COC(=O)C(C)(Cc1cn2ccccc2n1)C(=O)O. The largest absolute Gasteiger partial charge is 0.480 e. The fourth-order valence-electron chi connectivity index (χ4n) is 1.89. The van der Waals surface area contributed by atoms with E-state index >= 15 is 0 Å². The molecule has 0 aromatic carbocycles. The van der Waals surface area contributed by atoms with Gasteiger partial charge in [-0.25, -0.2) is 4.98 Å². The molecule has 2 aromatic heterocycles. The van der Waals surface area contributed by atoms with Crippen LogP contribution in [0.15, 0.2) is 30.6 Å². The Morgan fingerprint density at radius 1 is 1.47 bits per heavy atom. The number of carboxylic acid groups (broad SMARTS) is 1. The summed E-state index contributed by atoms with van der Waals surface area (Å²) in [5, 5.41) is 9.23. The predicted octanol–water partition coefficient (Wildman–Crippen LogP) is 1.14. The molecule has 0 fully saturated rings. The van der Waals surface area contributed by atoms with Crippen LogP contribution in [0.25, 0.3) is 5.65 Å². The fourth-order valence-corrected chi connectivity index (χ4v) is 1.89. The Labute approximate surface area is 109 Å². The molecule has 0 aliphatic heterocycles. The Kier molecular flexibility index (Phi) is 3.25. The van der Waals surface area contributed by atoms with E-state index in [1.165, 1.54) is 14.0 Å². The molecule has 0 amide bonds. The number of hydrogen-bond donors (Lipinski definition) is 1. The van der Waals surface area contributed by atoms with Crippen molar-refractivity contribution < 1.29 is 19.4 Å². The van der Waals surface area contributed by atoms with Crippen LogP contribution in [0.3, 0.4) is 0 Å². The first-order chi connectivity index (χ1) is 8.97. The molecule has 19 heavy (non-hydrogen) atoms. The van der Waals surface area contributed by atoms with Crippen LogP contribution in [0.2, 0.25) is 0 Å². The summed E-state index contributed by atoms with van der Waals surface area (Å²) in [6, 6.07) is 5.48. The van der Waals surface area contributed by atoms with Crippen LogP contribution in [0.5, 0.6) is 0 Å². The van der Waals surface area contributed by atoms with Gasteiger partial charge in [0.1, 0.15) is 5.65 Å². The van der Waals surface area contributed by atoms with Gasteiger partial charge in [-0.3, -0.25) is 9.59 Å². The van der Waals surface area contributed by atoms with Crippen LogP contribution in [0, 0.1) is 5.41 Å². The second-order valence-electron chi connectivity index (χ2n) is 4.50. The summed E-state index contributed by atoms with van der Waals surface area (Å²) in [4.78, 5) is 27.3. The van der Waals surface area contributed by atoms with E-state index in [1.54, 1.807) is 16.7 Å². The van der Waals surface area contributed by atoms with Crippen LogP contribution in [0.4, 0.5) is 0 Å². The van der Waals surface area contributed by atoms with E-state index < -0.39 is 17.4 Å². The number of ether oxygens (including phenoxy) is 1. The lowest BCUT2D eigenvalue weighted by molar-refractivity contribution is -0.165. The van der Waals surface area contributed by atoms with Crippen molar-refractivity contribution >= 4 is 17.6 Å². The lowest BCUT2D eigenvalue weighted by atomic mass is 9.86. The standard InChI is InChI=1S/C13H14N2O4/c1-13(11(16)17,12(18)19-2)7-9-8-15-6-4-3-5-10(15)14-9/h3-6,8H,7H2,1-2H3,(H,16,17). The van der Waals surface area contributed by atoms with Crippen molar-refractivity contribution in [1.29, 1.82) is 0 Å². The second-order valence-corrected chi connectivity index (χ2v) is 4.50. The van der Waals surface area contributed by atoms with Gasteiger partial charge in [0, 0.05) is 18.8 Å². The molecule has 2 heterocycles. The fraction of sp³-hybridized carbons (Fsp3) is 0.308. The molecule has 6 heteroatoms.